The Balaban J connectivity index is 2.56. The fourth-order valence-electron chi connectivity index (χ4n) is 1.57. The number of nitrogens with two attached hydrogens (primary N) is 1. The molecular formula is C14H20F3NO2. The van der Waals surface area contributed by atoms with Crippen molar-refractivity contribution in [2.45, 2.75) is 39.2 Å². The molecule has 3 nitrogen and oxygen atoms in total. The zero-order valence-corrected chi connectivity index (χ0v) is 11.9. The van der Waals surface area contributed by atoms with Gasteiger partial charge in [0.1, 0.15) is 0 Å². The predicted octanol–water partition coefficient (Wildman–Crippen LogP) is 3.62. The molecule has 1 aromatic rings. The molecule has 0 saturated carbocycles. The minimum Gasteiger partial charge on any atom is -0.399 e. The van der Waals surface area contributed by atoms with Gasteiger partial charge in [0.2, 0.25) is 0 Å². The molecule has 0 aliphatic carbocycles. The quantitative estimate of drug-likeness (QED) is 0.665. The van der Waals surface area contributed by atoms with Crippen LogP contribution in [-0.4, -0.2) is 18.8 Å². The first-order valence-electron chi connectivity index (χ1n) is 6.27. The molecule has 0 spiro atoms. The first-order chi connectivity index (χ1) is 9.09. The lowest BCUT2D eigenvalue weighted by Gasteiger charge is -2.19. The molecule has 0 heterocycles. The molecule has 0 aliphatic heterocycles. The molecule has 0 saturated heterocycles. The van der Waals surface area contributed by atoms with Crippen molar-refractivity contribution in [2.75, 3.05) is 18.9 Å². The molecule has 0 radical (unpaired) electrons. The van der Waals surface area contributed by atoms with Crippen LogP contribution in [-0.2, 0) is 22.3 Å². The van der Waals surface area contributed by atoms with E-state index < -0.39 is 11.7 Å². The highest BCUT2D eigenvalue weighted by Crippen LogP contribution is 2.33. The second kappa shape index (κ2) is 6.45. The molecule has 0 bridgehead atoms. The average molecular weight is 291 g/mol. The Morgan fingerprint density at radius 3 is 2.30 bits per heavy atom. The van der Waals surface area contributed by atoms with Crippen molar-refractivity contribution in [1.29, 1.82) is 0 Å². The van der Waals surface area contributed by atoms with E-state index in [0.717, 1.165) is 6.07 Å². The van der Waals surface area contributed by atoms with Crippen LogP contribution in [0.25, 0.3) is 0 Å². The van der Waals surface area contributed by atoms with Crippen molar-refractivity contribution in [1.82, 2.24) is 0 Å². The van der Waals surface area contributed by atoms with Gasteiger partial charge in [0, 0.05) is 5.69 Å². The second-order valence-electron chi connectivity index (χ2n) is 5.43. The summed E-state index contributed by atoms with van der Waals surface area (Å²) in [6, 6.07) is 3.69. The molecule has 0 fully saturated rings. The predicted molar refractivity (Wildman–Crippen MR) is 71.2 cm³/mol. The maximum absolute atomic E-state index is 12.8. The monoisotopic (exact) mass is 291 g/mol. The van der Waals surface area contributed by atoms with E-state index >= 15 is 0 Å². The summed E-state index contributed by atoms with van der Waals surface area (Å²) in [6.07, 6.45) is -4.43. The van der Waals surface area contributed by atoms with Crippen molar-refractivity contribution in [3.8, 4) is 0 Å². The van der Waals surface area contributed by atoms with E-state index in [2.05, 4.69) is 0 Å². The molecule has 0 aromatic heterocycles. The van der Waals surface area contributed by atoms with Crippen LogP contribution in [0.1, 0.15) is 31.9 Å². The lowest BCUT2D eigenvalue weighted by molar-refractivity contribution is -0.139. The summed E-state index contributed by atoms with van der Waals surface area (Å²) in [6.45, 7) is 6.14. The van der Waals surface area contributed by atoms with Gasteiger partial charge in [-0.05, 0) is 38.5 Å². The number of benzene rings is 1. The molecule has 2 N–H and O–H groups in total. The van der Waals surface area contributed by atoms with Crippen LogP contribution >= 0.6 is 0 Å². The third-order valence-electron chi connectivity index (χ3n) is 2.46. The van der Waals surface area contributed by atoms with Crippen LogP contribution < -0.4 is 5.73 Å². The van der Waals surface area contributed by atoms with E-state index in [0.29, 0.717) is 6.61 Å². The van der Waals surface area contributed by atoms with Gasteiger partial charge in [-0.2, -0.15) is 13.2 Å². The molecule has 1 aromatic carbocycles. The Bertz CT molecular complexity index is 439. The summed E-state index contributed by atoms with van der Waals surface area (Å²) in [5.41, 5.74) is 4.49. The number of alkyl halides is 3. The van der Waals surface area contributed by atoms with Gasteiger partial charge in [-0.1, -0.05) is 6.07 Å². The highest BCUT2D eigenvalue weighted by Gasteiger charge is 2.33. The molecule has 6 heteroatoms. The zero-order valence-electron chi connectivity index (χ0n) is 11.9. The maximum Gasteiger partial charge on any atom is 0.416 e. The van der Waals surface area contributed by atoms with Crippen LogP contribution in [0.5, 0.6) is 0 Å². The van der Waals surface area contributed by atoms with Gasteiger partial charge >= 0.3 is 6.18 Å². The number of halogens is 3. The summed E-state index contributed by atoms with van der Waals surface area (Å²) >= 11 is 0. The van der Waals surface area contributed by atoms with Crippen LogP contribution in [0.15, 0.2) is 18.2 Å². The van der Waals surface area contributed by atoms with Gasteiger partial charge in [-0.15, -0.1) is 0 Å². The van der Waals surface area contributed by atoms with Crippen LogP contribution in [0.2, 0.25) is 0 Å². The molecule has 0 amide bonds. The first-order valence-corrected chi connectivity index (χ1v) is 6.27. The Labute approximate surface area is 116 Å². The van der Waals surface area contributed by atoms with Crippen molar-refractivity contribution < 1.29 is 22.6 Å². The first kappa shape index (κ1) is 16.8. The second-order valence-corrected chi connectivity index (χ2v) is 5.43. The molecule has 1 rings (SSSR count). The largest absolute Gasteiger partial charge is 0.416 e. The standard InChI is InChI=1S/C14H20F3NO2/c1-13(2,3)20-7-6-19-9-10-4-5-11(18)8-12(10)14(15,16)17/h4-5,8H,6-7,9,18H2,1-3H3. The Morgan fingerprint density at radius 2 is 1.75 bits per heavy atom. The molecule has 0 atom stereocenters. The lowest BCUT2D eigenvalue weighted by atomic mass is 10.1. The summed E-state index contributed by atoms with van der Waals surface area (Å²) in [4.78, 5) is 0. The fourth-order valence-corrected chi connectivity index (χ4v) is 1.57. The average Bonchev–Trinajstić information content (AvgIpc) is 2.27. The summed E-state index contributed by atoms with van der Waals surface area (Å²) in [7, 11) is 0. The van der Waals surface area contributed by atoms with Gasteiger partial charge in [-0.25, -0.2) is 0 Å². The van der Waals surface area contributed by atoms with Crippen LogP contribution in [0, 0.1) is 0 Å². The topological polar surface area (TPSA) is 44.5 Å². The third kappa shape index (κ3) is 5.79. The van der Waals surface area contributed by atoms with E-state index in [1.165, 1.54) is 12.1 Å². The van der Waals surface area contributed by atoms with E-state index in [1.54, 1.807) is 0 Å². The number of rotatable bonds is 5. The Kier molecular flexibility index (Phi) is 5.42. The summed E-state index contributed by atoms with van der Waals surface area (Å²) < 4.78 is 49.1. The van der Waals surface area contributed by atoms with Crippen molar-refractivity contribution in [2.24, 2.45) is 0 Å². The third-order valence-corrected chi connectivity index (χ3v) is 2.46. The van der Waals surface area contributed by atoms with Crippen molar-refractivity contribution in [3.63, 3.8) is 0 Å². The van der Waals surface area contributed by atoms with Gasteiger partial charge in [0.25, 0.3) is 0 Å². The SMILES string of the molecule is CC(C)(C)OCCOCc1ccc(N)cc1C(F)(F)F. The number of nitrogen functional groups attached to an aromatic ring is 1. The maximum atomic E-state index is 12.8. The molecule has 0 aliphatic rings. The number of hydrogen-bond acceptors (Lipinski definition) is 3. The van der Waals surface area contributed by atoms with Crippen molar-refractivity contribution >= 4 is 5.69 Å². The van der Waals surface area contributed by atoms with Crippen LogP contribution in [0.3, 0.4) is 0 Å². The van der Waals surface area contributed by atoms with Gasteiger partial charge in [0.05, 0.1) is 31.0 Å². The Morgan fingerprint density at radius 1 is 1.10 bits per heavy atom. The molecule has 114 valence electrons. The van der Waals surface area contributed by atoms with E-state index in [-0.39, 0.29) is 30.1 Å². The lowest BCUT2D eigenvalue weighted by Crippen LogP contribution is -2.22. The summed E-state index contributed by atoms with van der Waals surface area (Å²) in [5.74, 6) is 0. The molecule has 20 heavy (non-hydrogen) atoms. The number of ether oxygens (including phenoxy) is 2. The normalized spacial score (nSPS) is 12.7. The van der Waals surface area contributed by atoms with E-state index in [1.807, 2.05) is 20.8 Å². The summed E-state index contributed by atoms with van der Waals surface area (Å²) in [5, 5.41) is 0. The van der Waals surface area contributed by atoms with Crippen molar-refractivity contribution in [3.05, 3.63) is 29.3 Å². The number of anilines is 1. The minimum absolute atomic E-state index is 0.0717. The number of hydrogen-bond donors (Lipinski definition) is 1. The van der Waals surface area contributed by atoms with Gasteiger partial charge < -0.3 is 15.2 Å². The zero-order chi connectivity index (χ0) is 15.4. The fraction of sp³-hybridized carbons (Fsp3) is 0.571. The molecule has 0 unspecified atom stereocenters. The smallest absolute Gasteiger partial charge is 0.399 e. The van der Waals surface area contributed by atoms with E-state index in [4.69, 9.17) is 15.2 Å². The van der Waals surface area contributed by atoms with Gasteiger partial charge in [-0.3, -0.25) is 0 Å². The van der Waals surface area contributed by atoms with Crippen LogP contribution in [0.4, 0.5) is 18.9 Å². The minimum atomic E-state index is -4.43. The van der Waals surface area contributed by atoms with E-state index in [9.17, 15) is 13.2 Å². The molecular weight excluding hydrogens is 271 g/mol. The Hall–Kier alpha value is -1.27. The van der Waals surface area contributed by atoms with Gasteiger partial charge in [0.15, 0.2) is 0 Å². The highest BCUT2D eigenvalue weighted by molar-refractivity contribution is 5.45. The highest BCUT2D eigenvalue weighted by atomic mass is 19.4.